The third-order valence-electron chi connectivity index (χ3n) is 3.38. The highest BCUT2D eigenvalue weighted by Crippen LogP contribution is 2.17. The summed E-state index contributed by atoms with van der Waals surface area (Å²) >= 11 is 0. The third-order valence-corrected chi connectivity index (χ3v) is 3.38. The molecule has 2 N–H and O–H groups in total. The number of carbonyl (C=O) groups excluding carboxylic acids is 1. The molecule has 4 heteroatoms. The fourth-order valence-electron chi connectivity index (χ4n) is 2.31. The minimum absolute atomic E-state index is 0.136. The van der Waals surface area contributed by atoms with Crippen molar-refractivity contribution in [3.8, 4) is 0 Å². The highest BCUT2D eigenvalue weighted by atomic mass is 19.1. The van der Waals surface area contributed by atoms with Crippen LogP contribution in [0.3, 0.4) is 0 Å². The summed E-state index contributed by atoms with van der Waals surface area (Å²) in [5, 5.41) is 6.36. The molecule has 2 atom stereocenters. The maximum atomic E-state index is 12.9. The topological polar surface area (TPSA) is 41.1 Å². The summed E-state index contributed by atoms with van der Waals surface area (Å²) < 4.78 is 12.9. The number of hydrogen-bond acceptors (Lipinski definition) is 2. The number of hydrogen-bond donors (Lipinski definition) is 2. The Balaban J connectivity index is 1.89. The normalized spacial score (nSPS) is 20.8. The van der Waals surface area contributed by atoms with E-state index in [1.54, 1.807) is 0 Å². The molecule has 1 aliphatic rings. The van der Waals surface area contributed by atoms with Crippen LogP contribution in [0.25, 0.3) is 0 Å². The lowest BCUT2D eigenvalue weighted by atomic mass is 10.0. The van der Waals surface area contributed by atoms with Crippen LogP contribution in [0.2, 0.25) is 0 Å². The van der Waals surface area contributed by atoms with E-state index in [0.29, 0.717) is 6.42 Å². The SMILES string of the molecule is CCC(NCC1CCC(=O)N1)c1ccc(F)cc1. The zero-order valence-electron chi connectivity index (χ0n) is 10.6. The Morgan fingerprint density at radius 2 is 2.17 bits per heavy atom. The van der Waals surface area contributed by atoms with Gasteiger partial charge in [0.25, 0.3) is 0 Å². The van der Waals surface area contributed by atoms with E-state index in [-0.39, 0.29) is 23.8 Å². The van der Waals surface area contributed by atoms with Gasteiger partial charge >= 0.3 is 0 Å². The second kappa shape index (κ2) is 5.96. The Hall–Kier alpha value is -1.42. The third kappa shape index (κ3) is 3.29. The zero-order chi connectivity index (χ0) is 13.0. The van der Waals surface area contributed by atoms with Crippen molar-refractivity contribution in [3.05, 3.63) is 35.6 Å². The highest BCUT2D eigenvalue weighted by molar-refractivity contribution is 5.78. The Bertz CT molecular complexity index is 405. The van der Waals surface area contributed by atoms with Crippen molar-refractivity contribution >= 4 is 5.91 Å². The Kier molecular flexibility index (Phi) is 4.31. The van der Waals surface area contributed by atoms with Crippen LogP contribution in [0.15, 0.2) is 24.3 Å². The molecule has 18 heavy (non-hydrogen) atoms. The van der Waals surface area contributed by atoms with Gasteiger partial charge in [-0.3, -0.25) is 4.79 Å². The molecule has 2 unspecified atom stereocenters. The molecule has 3 nitrogen and oxygen atoms in total. The van der Waals surface area contributed by atoms with E-state index in [9.17, 15) is 9.18 Å². The molecule has 1 aromatic carbocycles. The molecule has 1 heterocycles. The molecule has 0 radical (unpaired) electrons. The lowest BCUT2D eigenvalue weighted by Crippen LogP contribution is -2.37. The highest BCUT2D eigenvalue weighted by Gasteiger charge is 2.21. The fourth-order valence-corrected chi connectivity index (χ4v) is 2.31. The summed E-state index contributed by atoms with van der Waals surface area (Å²) in [6.45, 7) is 2.86. The van der Waals surface area contributed by atoms with Gasteiger partial charge in [-0.15, -0.1) is 0 Å². The van der Waals surface area contributed by atoms with Crippen LogP contribution >= 0.6 is 0 Å². The molecule has 0 aliphatic carbocycles. The number of benzene rings is 1. The minimum atomic E-state index is -0.211. The summed E-state index contributed by atoms with van der Waals surface area (Å²) in [5.74, 6) is -0.0757. The number of nitrogens with one attached hydrogen (secondary N) is 2. The maximum absolute atomic E-state index is 12.9. The van der Waals surface area contributed by atoms with E-state index in [2.05, 4.69) is 17.6 Å². The van der Waals surface area contributed by atoms with E-state index >= 15 is 0 Å². The van der Waals surface area contributed by atoms with E-state index in [1.807, 2.05) is 12.1 Å². The van der Waals surface area contributed by atoms with Crippen molar-refractivity contribution in [2.75, 3.05) is 6.54 Å². The Labute approximate surface area is 107 Å². The van der Waals surface area contributed by atoms with Crippen molar-refractivity contribution < 1.29 is 9.18 Å². The van der Waals surface area contributed by atoms with Crippen LogP contribution in [0.5, 0.6) is 0 Å². The summed E-state index contributed by atoms with van der Waals surface area (Å²) in [7, 11) is 0. The molecule has 2 rings (SSSR count). The zero-order valence-corrected chi connectivity index (χ0v) is 10.6. The van der Waals surface area contributed by atoms with Crippen LogP contribution in [0.4, 0.5) is 4.39 Å². The van der Waals surface area contributed by atoms with Crippen LogP contribution in [0.1, 0.15) is 37.8 Å². The number of halogens is 1. The lowest BCUT2D eigenvalue weighted by molar-refractivity contribution is -0.119. The molecule has 1 amide bonds. The first-order valence-electron chi connectivity index (χ1n) is 6.47. The maximum Gasteiger partial charge on any atom is 0.220 e. The van der Waals surface area contributed by atoms with Crippen molar-refractivity contribution in [3.63, 3.8) is 0 Å². The van der Waals surface area contributed by atoms with Gasteiger partial charge in [0, 0.05) is 25.0 Å². The number of carbonyl (C=O) groups is 1. The summed E-state index contributed by atoms with van der Waals surface area (Å²) in [4.78, 5) is 11.1. The lowest BCUT2D eigenvalue weighted by Gasteiger charge is -2.20. The number of amides is 1. The summed E-state index contributed by atoms with van der Waals surface area (Å²) in [6, 6.07) is 7.02. The standard InChI is InChI=1S/C14H19FN2O/c1-2-13(10-3-5-11(15)6-4-10)16-9-12-7-8-14(18)17-12/h3-6,12-13,16H,2,7-9H2,1H3,(H,17,18). The molecule has 0 aromatic heterocycles. The molecule has 0 bridgehead atoms. The first-order chi connectivity index (χ1) is 8.69. The van der Waals surface area contributed by atoms with Gasteiger partial charge in [0.2, 0.25) is 5.91 Å². The first kappa shape index (κ1) is 13.0. The van der Waals surface area contributed by atoms with Gasteiger partial charge in [-0.05, 0) is 30.5 Å². The Morgan fingerprint density at radius 1 is 1.44 bits per heavy atom. The fraction of sp³-hybridized carbons (Fsp3) is 0.500. The average Bonchev–Trinajstić information content (AvgIpc) is 2.78. The van der Waals surface area contributed by atoms with Crippen molar-refractivity contribution in [2.24, 2.45) is 0 Å². The molecular formula is C14H19FN2O. The molecule has 0 saturated carbocycles. The van der Waals surface area contributed by atoms with Crippen molar-refractivity contribution in [2.45, 2.75) is 38.3 Å². The van der Waals surface area contributed by atoms with Crippen molar-refractivity contribution in [1.82, 2.24) is 10.6 Å². The van der Waals surface area contributed by atoms with Gasteiger partial charge in [-0.25, -0.2) is 4.39 Å². The van der Waals surface area contributed by atoms with Crippen LogP contribution < -0.4 is 10.6 Å². The van der Waals surface area contributed by atoms with E-state index in [4.69, 9.17) is 0 Å². The molecule has 98 valence electrons. The molecular weight excluding hydrogens is 231 g/mol. The second-order valence-electron chi connectivity index (χ2n) is 4.72. The predicted molar refractivity (Wildman–Crippen MR) is 68.6 cm³/mol. The molecule has 1 fully saturated rings. The minimum Gasteiger partial charge on any atom is -0.352 e. The van der Waals surface area contributed by atoms with Crippen LogP contribution in [-0.4, -0.2) is 18.5 Å². The Morgan fingerprint density at radius 3 is 2.72 bits per heavy atom. The van der Waals surface area contributed by atoms with Crippen LogP contribution in [-0.2, 0) is 4.79 Å². The predicted octanol–water partition coefficient (Wildman–Crippen LogP) is 2.14. The van der Waals surface area contributed by atoms with E-state index in [1.165, 1.54) is 12.1 Å². The quantitative estimate of drug-likeness (QED) is 0.840. The van der Waals surface area contributed by atoms with Crippen molar-refractivity contribution in [1.29, 1.82) is 0 Å². The number of rotatable bonds is 5. The van der Waals surface area contributed by atoms with Crippen LogP contribution in [0, 0.1) is 5.82 Å². The summed E-state index contributed by atoms with van der Waals surface area (Å²) in [5.41, 5.74) is 1.09. The first-order valence-corrected chi connectivity index (χ1v) is 6.47. The van der Waals surface area contributed by atoms with Gasteiger partial charge in [0.05, 0.1) is 0 Å². The van der Waals surface area contributed by atoms with E-state index < -0.39 is 0 Å². The van der Waals surface area contributed by atoms with Gasteiger partial charge in [-0.1, -0.05) is 19.1 Å². The second-order valence-corrected chi connectivity index (χ2v) is 4.72. The summed E-state index contributed by atoms with van der Waals surface area (Å²) in [6.07, 6.45) is 2.46. The smallest absolute Gasteiger partial charge is 0.220 e. The monoisotopic (exact) mass is 250 g/mol. The van der Waals surface area contributed by atoms with Gasteiger partial charge in [-0.2, -0.15) is 0 Å². The molecule has 1 aromatic rings. The van der Waals surface area contributed by atoms with E-state index in [0.717, 1.165) is 24.9 Å². The molecule has 1 saturated heterocycles. The molecule has 1 aliphatic heterocycles. The van der Waals surface area contributed by atoms with Gasteiger partial charge < -0.3 is 10.6 Å². The average molecular weight is 250 g/mol. The van der Waals surface area contributed by atoms with Gasteiger partial charge in [0.15, 0.2) is 0 Å². The molecule has 0 spiro atoms. The largest absolute Gasteiger partial charge is 0.352 e. The van der Waals surface area contributed by atoms with Gasteiger partial charge in [0.1, 0.15) is 5.82 Å².